The van der Waals surface area contributed by atoms with E-state index in [1.165, 1.54) is 6.07 Å². The number of ether oxygens (including phenoxy) is 1. The lowest BCUT2D eigenvalue weighted by Crippen LogP contribution is -2.36. The lowest BCUT2D eigenvalue weighted by molar-refractivity contribution is -0.0541. The van der Waals surface area contributed by atoms with Gasteiger partial charge in [0.2, 0.25) is 0 Å². The predicted octanol–water partition coefficient (Wildman–Crippen LogP) is -2.39. The standard InChI is InChI=1S/C11H20N3O14P3/c1-11(18,29(19,20)21)30(22,23)28-31(24,25)26-4-5-7(15)8(16)9(27-5)14-3-2-6(12)13-10(14)17/h2-3,5,7-9,15-16,18H,4H2,1H3,(H,22,23)(H,24,25)(H2,12,13,17)(H2,19,20,21)/t5-,7-,8-,9-,11?/m1/s1. The Bertz CT molecular complexity index is 1020. The Morgan fingerprint density at radius 2 is 1.81 bits per heavy atom. The number of aliphatic hydroxyl groups excluding tert-OH is 2. The molecule has 0 bridgehead atoms. The van der Waals surface area contributed by atoms with Crippen LogP contribution in [0.2, 0.25) is 0 Å². The maximum atomic E-state index is 11.9. The molecule has 17 nitrogen and oxygen atoms in total. The minimum atomic E-state index is -5.86. The van der Waals surface area contributed by atoms with Crippen molar-refractivity contribution in [1.29, 1.82) is 0 Å². The molecule has 1 aromatic rings. The first-order chi connectivity index (χ1) is 13.9. The SMILES string of the molecule is CC(O)(P(=O)(O)O)P(=O)(O)OP(=O)(O)OC[C@H]1O[C@@H](n2ccc(N)nc2=O)[C@H](O)[C@@H]1O. The molecule has 0 aliphatic carbocycles. The zero-order valence-electron chi connectivity index (χ0n) is 15.5. The van der Waals surface area contributed by atoms with Crippen molar-refractivity contribution in [1.82, 2.24) is 9.55 Å². The van der Waals surface area contributed by atoms with Gasteiger partial charge in [-0.3, -0.25) is 18.2 Å². The molecular formula is C11H20N3O14P3. The van der Waals surface area contributed by atoms with E-state index in [9.17, 15) is 43.6 Å². The number of nitrogen functional groups attached to an aromatic ring is 1. The van der Waals surface area contributed by atoms with E-state index in [4.69, 9.17) is 20.3 Å². The number of nitrogens with zero attached hydrogens (tertiary/aromatic N) is 2. The number of phosphoric acid groups is 1. The highest BCUT2D eigenvalue weighted by Gasteiger charge is 2.60. The van der Waals surface area contributed by atoms with Crippen molar-refractivity contribution in [3.8, 4) is 0 Å². The first-order valence-electron chi connectivity index (χ1n) is 8.05. The van der Waals surface area contributed by atoms with Gasteiger partial charge in [-0.15, -0.1) is 0 Å². The summed E-state index contributed by atoms with van der Waals surface area (Å²) in [6, 6.07) is 1.19. The van der Waals surface area contributed by atoms with Gasteiger partial charge < -0.3 is 45.4 Å². The summed E-state index contributed by atoms with van der Waals surface area (Å²) in [4.78, 5) is 52.3. The quantitative estimate of drug-likeness (QED) is 0.169. The van der Waals surface area contributed by atoms with Crippen molar-refractivity contribution in [2.45, 2.75) is 36.5 Å². The van der Waals surface area contributed by atoms with Crippen molar-refractivity contribution in [2.75, 3.05) is 12.3 Å². The van der Waals surface area contributed by atoms with Gasteiger partial charge >= 0.3 is 28.7 Å². The van der Waals surface area contributed by atoms with Crippen LogP contribution in [0.5, 0.6) is 0 Å². The van der Waals surface area contributed by atoms with Gasteiger partial charge in [0.15, 0.2) is 6.23 Å². The summed E-state index contributed by atoms with van der Waals surface area (Å²) in [5, 5.41) is 25.9. The van der Waals surface area contributed by atoms with E-state index < -0.39 is 64.9 Å². The third kappa shape index (κ3) is 5.49. The molecule has 1 aromatic heterocycles. The van der Waals surface area contributed by atoms with Crippen LogP contribution in [0.25, 0.3) is 0 Å². The van der Waals surface area contributed by atoms with Crippen LogP contribution in [0, 0.1) is 0 Å². The Morgan fingerprint density at radius 3 is 2.32 bits per heavy atom. The summed E-state index contributed by atoms with van der Waals surface area (Å²) < 4.78 is 49.2. The summed E-state index contributed by atoms with van der Waals surface area (Å²) >= 11 is 0. The average molecular weight is 511 g/mol. The Morgan fingerprint density at radius 1 is 1.23 bits per heavy atom. The van der Waals surface area contributed by atoms with Gasteiger partial charge in [0.05, 0.1) is 6.61 Å². The molecule has 0 amide bonds. The smallest absolute Gasteiger partial charge is 0.387 e. The van der Waals surface area contributed by atoms with Crippen molar-refractivity contribution < 1.29 is 62.2 Å². The Hall–Kier alpha value is -1.03. The number of rotatable bonds is 8. The monoisotopic (exact) mass is 511 g/mol. The van der Waals surface area contributed by atoms with E-state index in [0.717, 1.165) is 10.8 Å². The first kappa shape index (κ1) is 26.2. The number of hydrogen-bond acceptors (Lipinski definition) is 12. The van der Waals surface area contributed by atoms with E-state index in [-0.39, 0.29) is 12.7 Å². The maximum absolute atomic E-state index is 11.9. The third-order valence-electron chi connectivity index (χ3n) is 4.17. The molecule has 2 heterocycles. The Labute approximate surface area is 173 Å². The molecule has 0 saturated carbocycles. The van der Waals surface area contributed by atoms with Gasteiger partial charge in [0.1, 0.15) is 24.1 Å². The van der Waals surface area contributed by atoms with E-state index >= 15 is 0 Å². The van der Waals surface area contributed by atoms with E-state index in [1.54, 1.807) is 0 Å². The molecule has 0 aromatic carbocycles. The highest BCUT2D eigenvalue weighted by Crippen LogP contribution is 2.74. The first-order valence-corrected chi connectivity index (χ1v) is 12.7. The molecule has 31 heavy (non-hydrogen) atoms. The highest BCUT2D eigenvalue weighted by atomic mass is 31.3. The zero-order chi connectivity index (χ0) is 24.0. The number of nitrogens with two attached hydrogens (primary N) is 1. The van der Waals surface area contributed by atoms with E-state index in [1.807, 2.05) is 0 Å². The molecule has 0 radical (unpaired) electrons. The van der Waals surface area contributed by atoms with Crippen LogP contribution < -0.4 is 11.4 Å². The van der Waals surface area contributed by atoms with Gasteiger partial charge in [-0.05, 0) is 13.0 Å². The molecule has 1 saturated heterocycles. The van der Waals surface area contributed by atoms with Gasteiger partial charge in [0.25, 0.3) is 5.08 Å². The summed E-state index contributed by atoms with van der Waals surface area (Å²) in [5.41, 5.74) is 4.39. The topological polar surface area (TPSA) is 281 Å². The summed E-state index contributed by atoms with van der Waals surface area (Å²) in [7, 11) is -17.1. The third-order valence-corrected chi connectivity index (χ3v) is 10.1. The van der Waals surface area contributed by atoms with Crippen LogP contribution in [0.1, 0.15) is 13.2 Å². The molecule has 9 N–H and O–H groups in total. The predicted molar refractivity (Wildman–Crippen MR) is 98.2 cm³/mol. The molecule has 1 aliphatic rings. The molecule has 178 valence electrons. The van der Waals surface area contributed by atoms with Crippen molar-refractivity contribution in [3.63, 3.8) is 0 Å². The number of hydrogen-bond donors (Lipinski definition) is 8. The van der Waals surface area contributed by atoms with Crippen LogP contribution in [0.3, 0.4) is 0 Å². The van der Waals surface area contributed by atoms with Crippen LogP contribution in [-0.2, 0) is 27.3 Å². The highest BCUT2D eigenvalue weighted by molar-refractivity contribution is 7.75. The van der Waals surface area contributed by atoms with Crippen molar-refractivity contribution in [3.05, 3.63) is 22.7 Å². The number of anilines is 1. The molecule has 7 atom stereocenters. The molecule has 3 unspecified atom stereocenters. The second-order valence-corrected chi connectivity index (χ2v) is 12.5. The summed E-state index contributed by atoms with van der Waals surface area (Å²) in [6.45, 7) is -0.852. The lowest BCUT2D eigenvalue weighted by atomic mass is 10.1. The fourth-order valence-electron chi connectivity index (χ4n) is 2.29. The Balaban J connectivity index is 2.11. The molecule has 1 aliphatic heterocycles. The molecular weight excluding hydrogens is 491 g/mol. The van der Waals surface area contributed by atoms with Gasteiger partial charge in [-0.25, -0.2) is 13.7 Å². The average Bonchev–Trinajstić information content (AvgIpc) is 2.86. The fourth-order valence-corrected chi connectivity index (χ4v) is 6.20. The number of aromatic nitrogens is 2. The zero-order valence-corrected chi connectivity index (χ0v) is 18.2. The van der Waals surface area contributed by atoms with Gasteiger partial charge in [0, 0.05) is 6.20 Å². The summed E-state index contributed by atoms with van der Waals surface area (Å²) in [6.07, 6.45) is -5.51. The fraction of sp³-hybridized carbons (Fsp3) is 0.636. The van der Waals surface area contributed by atoms with Gasteiger partial charge in [-0.2, -0.15) is 4.98 Å². The van der Waals surface area contributed by atoms with Crippen LogP contribution in [-0.4, -0.2) is 74.4 Å². The van der Waals surface area contributed by atoms with Gasteiger partial charge in [-0.1, -0.05) is 0 Å². The van der Waals surface area contributed by atoms with Crippen LogP contribution in [0.15, 0.2) is 17.1 Å². The van der Waals surface area contributed by atoms with E-state index in [2.05, 4.69) is 13.8 Å². The van der Waals surface area contributed by atoms with Crippen LogP contribution >= 0.6 is 23.0 Å². The second-order valence-electron chi connectivity index (χ2n) is 6.47. The Kier molecular flexibility index (Phi) is 7.38. The van der Waals surface area contributed by atoms with Crippen molar-refractivity contribution in [2.24, 2.45) is 0 Å². The van der Waals surface area contributed by atoms with E-state index in [0.29, 0.717) is 0 Å². The summed E-state index contributed by atoms with van der Waals surface area (Å²) in [5.74, 6) is -0.132. The molecule has 1 fully saturated rings. The number of phosphoric ester groups is 1. The minimum absolute atomic E-state index is 0.132. The normalized spacial score (nSPS) is 30.3. The molecule has 20 heteroatoms. The molecule has 2 rings (SSSR count). The maximum Gasteiger partial charge on any atom is 0.479 e. The molecule has 0 spiro atoms. The number of aliphatic hydroxyl groups is 3. The lowest BCUT2D eigenvalue weighted by Gasteiger charge is -2.29. The van der Waals surface area contributed by atoms with Crippen LogP contribution in [0.4, 0.5) is 5.82 Å². The van der Waals surface area contributed by atoms with Crippen molar-refractivity contribution >= 4 is 28.8 Å². The minimum Gasteiger partial charge on any atom is -0.387 e. The second kappa shape index (κ2) is 8.72. The largest absolute Gasteiger partial charge is 0.479 e.